The van der Waals surface area contributed by atoms with Crippen LogP contribution in [0.1, 0.15) is 5.56 Å². The molecule has 0 aliphatic heterocycles. The lowest BCUT2D eigenvalue weighted by Crippen LogP contribution is -2.05. The van der Waals surface area contributed by atoms with Gasteiger partial charge in [-0.25, -0.2) is 0 Å². The second-order valence-corrected chi connectivity index (χ2v) is 16.2. The van der Waals surface area contributed by atoms with Gasteiger partial charge in [0.1, 0.15) is 11.6 Å². The summed E-state index contributed by atoms with van der Waals surface area (Å²) >= 11 is 0. The van der Waals surface area contributed by atoms with E-state index >= 15 is 0 Å². The predicted octanol–water partition coefficient (Wildman–Crippen LogP) is 15.5. The minimum absolute atomic E-state index is 0.577. The Labute approximate surface area is 370 Å². The van der Waals surface area contributed by atoms with Crippen LogP contribution in [0.5, 0.6) is 0 Å². The summed E-state index contributed by atoms with van der Waals surface area (Å²) in [6.07, 6.45) is 3.67. The highest BCUT2D eigenvalue weighted by Crippen LogP contribution is 2.46. The second kappa shape index (κ2) is 15.3. The van der Waals surface area contributed by atoms with Gasteiger partial charge in [0.25, 0.3) is 0 Å². The molecule has 12 aromatic rings. The molecule has 0 aliphatic rings. The Hall–Kier alpha value is -8.78. The number of benzene rings is 9. The normalized spacial score (nSPS) is 11.4. The molecular weight excluding hydrogens is 777 g/mol. The Morgan fingerprint density at radius 2 is 0.719 bits per heavy atom. The van der Waals surface area contributed by atoms with Crippen molar-refractivity contribution in [2.24, 2.45) is 0 Å². The molecule has 0 unspecified atom stereocenters. The van der Waals surface area contributed by atoms with Gasteiger partial charge in [0.2, 0.25) is 0 Å². The predicted molar refractivity (Wildman–Crippen MR) is 265 cm³/mol. The van der Waals surface area contributed by atoms with E-state index in [2.05, 4.69) is 226 Å². The number of fused-ring (bicyclic) bond motifs is 6. The summed E-state index contributed by atoms with van der Waals surface area (Å²) in [5.41, 5.74) is 17.6. The number of aromatic nitrogens is 3. The third kappa shape index (κ3) is 5.87. The zero-order valence-electron chi connectivity index (χ0n) is 34.7. The first kappa shape index (κ1) is 37.0. The van der Waals surface area contributed by atoms with Gasteiger partial charge in [-0.3, -0.25) is 4.98 Å². The van der Waals surface area contributed by atoms with E-state index in [0.717, 1.165) is 99.5 Å². The molecule has 0 aliphatic carbocycles. The standard InChI is InChI=1S/C60H38N4/c61-39-52-57(63-53-29-13-11-25-50(53)59-48(27-15-31-55(59)63)46-23-9-7-21-44(46)41-17-3-1-4-18-41)37-43(40-33-35-62-36-34-40)38-58(52)64-54-30-14-12-26-51(54)60-49(28-16-32-56(60)64)47-24-10-8-22-45(47)42-19-5-2-6-20-42/h1-38H. The van der Waals surface area contributed by atoms with E-state index in [4.69, 9.17) is 0 Å². The van der Waals surface area contributed by atoms with Crippen molar-refractivity contribution < 1.29 is 0 Å². The van der Waals surface area contributed by atoms with Crippen molar-refractivity contribution >= 4 is 43.6 Å². The number of nitriles is 1. The molecule has 0 saturated heterocycles. The lowest BCUT2D eigenvalue weighted by Gasteiger charge is -2.19. The lowest BCUT2D eigenvalue weighted by atomic mass is 9.92. The van der Waals surface area contributed by atoms with Crippen LogP contribution >= 0.6 is 0 Å². The molecule has 3 aromatic heterocycles. The molecule has 0 radical (unpaired) electrons. The van der Waals surface area contributed by atoms with Crippen LogP contribution < -0.4 is 0 Å². The Morgan fingerprint density at radius 3 is 1.19 bits per heavy atom. The number of hydrogen-bond donors (Lipinski definition) is 0. The SMILES string of the molecule is N#Cc1c(-n2c3ccccc3c3c(-c4ccccc4-c4ccccc4)cccc32)cc(-c2ccncc2)cc1-n1c2ccccc2c2c(-c3ccccc3-c3ccccc3)cccc21. The molecule has 64 heavy (non-hydrogen) atoms. The molecule has 0 N–H and O–H groups in total. The maximum Gasteiger partial charge on any atom is 0.104 e. The molecule has 298 valence electrons. The molecule has 4 nitrogen and oxygen atoms in total. The number of para-hydroxylation sites is 2. The van der Waals surface area contributed by atoms with Crippen LogP contribution in [0.3, 0.4) is 0 Å². The molecule has 0 atom stereocenters. The minimum atomic E-state index is 0.577. The Bertz CT molecular complexity index is 3560. The van der Waals surface area contributed by atoms with Crippen molar-refractivity contribution in [2.75, 3.05) is 0 Å². The van der Waals surface area contributed by atoms with E-state index in [-0.39, 0.29) is 0 Å². The van der Waals surface area contributed by atoms with Crippen molar-refractivity contribution in [3.63, 3.8) is 0 Å². The van der Waals surface area contributed by atoms with Gasteiger partial charge in [-0.05, 0) is 104 Å². The Morgan fingerprint density at radius 1 is 0.328 bits per heavy atom. The van der Waals surface area contributed by atoms with Crippen molar-refractivity contribution in [1.82, 2.24) is 14.1 Å². The topological polar surface area (TPSA) is 46.5 Å². The van der Waals surface area contributed by atoms with Crippen LogP contribution in [-0.4, -0.2) is 14.1 Å². The molecule has 4 heteroatoms. The van der Waals surface area contributed by atoms with Crippen LogP contribution in [0.15, 0.2) is 231 Å². The largest absolute Gasteiger partial charge is 0.308 e. The third-order valence-corrected chi connectivity index (χ3v) is 12.7. The van der Waals surface area contributed by atoms with Crippen molar-refractivity contribution in [3.05, 3.63) is 236 Å². The lowest BCUT2D eigenvalue weighted by molar-refractivity contribution is 1.12. The van der Waals surface area contributed by atoms with E-state index in [0.29, 0.717) is 5.56 Å². The van der Waals surface area contributed by atoms with E-state index in [1.165, 1.54) is 11.1 Å². The van der Waals surface area contributed by atoms with E-state index in [1.807, 2.05) is 24.5 Å². The highest BCUT2D eigenvalue weighted by molar-refractivity contribution is 6.18. The number of rotatable bonds is 7. The molecule has 9 aromatic carbocycles. The van der Waals surface area contributed by atoms with Crippen LogP contribution in [0.2, 0.25) is 0 Å². The Balaban J connectivity index is 1.17. The Kier molecular flexibility index (Phi) is 8.84. The monoisotopic (exact) mass is 814 g/mol. The fourth-order valence-corrected chi connectivity index (χ4v) is 9.97. The van der Waals surface area contributed by atoms with Gasteiger partial charge in [-0.1, -0.05) is 170 Å². The average Bonchev–Trinajstić information content (AvgIpc) is 3.90. The highest BCUT2D eigenvalue weighted by Gasteiger charge is 2.25. The van der Waals surface area contributed by atoms with Gasteiger partial charge in [-0.2, -0.15) is 5.26 Å². The first-order valence-corrected chi connectivity index (χ1v) is 21.6. The summed E-state index contributed by atoms with van der Waals surface area (Å²) in [7, 11) is 0. The van der Waals surface area contributed by atoms with Crippen molar-refractivity contribution in [1.29, 1.82) is 5.26 Å². The van der Waals surface area contributed by atoms with Crippen LogP contribution in [0.25, 0.3) is 111 Å². The first-order valence-electron chi connectivity index (χ1n) is 21.6. The maximum absolute atomic E-state index is 11.7. The summed E-state index contributed by atoms with van der Waals surface area (Å²) in [5.74, 6) is 0. The molecule has 0 bridgehead atoms. The van der Waals surface area contributed by atoms with Gasteiger partial charge in [0.05, 0.1) is 33.4 Å². The summed E-state index contributed by atoms with van der Waals surface area (Å²) in [6, 6.07) is 80.1. The smallest absolute Gasteiger partial charge is 0.104 e. The van der Waals surface area contributed by atoms with Gasteiger partial charge in [-0.15, -0.1) is 0 Å². The molecule has 12 rings (SSSR count). The highest BCUT2D eigenvalue weighted by atomic mass is 15.0. The molecule has 3 heterocycles. The van der Waals surface area contributed by atoms with Gasteiger partial charge >= 0.3 is 0 Å². The summed E-state index contributed by atoms with van der Waals surface area (Å²) in [6.45, 7) is 0. The fraction of sp³-hybridized carbons (Fsp3) is 0. The summed E-state index contributed by atoms with van der Waals surface area (Å²) < 4.78 is 4.61. The van der Waals surface area contributed by atoms with Crippen molar-refractivity contribution in [3.8, 4) is 73.1 Å². The van der Waals surface area contributed by atoms with Gasteiger partial charge < -0.3 is 9.13 Å². The van der Waals surface area contributed by atoms with Crippen molar-refractivity contribution in [2.45, 2.75) is 0 Å². The van der Waals surface area contributed by atoms with Crippen LogP contribution in [0.4, 0.5) is 0 Å². The second-order valence-electron chi connectivity index (χ2n) is 16.2. The molecule has 0 amide bonds. The molecule has 0 fully saturated rings. The number of nitrogens with zero attached hydrogens (tertiary/aromatic N) is 4. The number of pyridine rings is 1. The van der Waals surface area contributed by atoms with Crippen LogP contribution in [-0.2, 0) is 0 Å². The first-order chi connectivity index (χ1) is 31.8. The third-order valence-electron chi connectivity index (χ3n) is 12.7. The zero-order chi connectivity index (χ0) is 42.6. The quantitative estimate of drug-likeness (QED) is 0.161. The summed E-state index contributed by atoms with van der Waals surface area (Å²) in [5, 5.41) is 16.2. The van der Waals surface area contributed by atoms with Gasteiger partial charge in [0, 0.05) is 33.9 Å². The van der Waals surface area contributed by atoms with Gasteiger partial charge in [0.15, 0.2) is 0 Å². The average molecular weight is 815 g/mol. The summed E-state index contributed by atoms with van der Waals surface area (Å²) in [4.78, 5) is 4.39. The number of hydrogen-bond acceptors (Lipinski definition) is 2. The molecular formula is C60H38N4. The van der Waals surface area contributed by atoms with E-state index < -0.39 is 0 Å². The molecule has 0 saturated carbocycles. The molecule has 0 spiro atoms. The van der Waals surface area contributed by atoms with E-state index in [1.54, 1.807) is 0 Å². The zero-order valence-corrected chi connectivity index (χ0v) is 34.7. The minimum Gasteiger partial charge on any atom is -0.308 e. The van der Waals surface area contributed by atoms with Crippen LogP contribution in [0, 0.1) is 11.3 Å². The fourth-order valence-electron chi connectivity index (χ4n) is 9.97. The maximum atomic E-state index is 11.7. The van der Waals surface area contributed by atoms with E-state index in [9.17, 15) is 5.26 Å².